The molecule has 0 heterocycles. The van der Waals surface area contributed by atoms with Gasteiger partial charge in [0.25, 0.3) is 0 Å². The number of nitrogens with two attached hydrogens (primary N) is 1. The Labute approximate surface area is 119 Å². The van der Waals surface area contributed by atoms with Crippen LogP contribution in [0.1, 0.15) is 32.6 Å². The molecule has 2 amide bonds. The number of carbonyl (C=O) groups is 2. The van der Waals surface area contributed by atoms with E-state index in [0.29, 0.717) is 11.7 Å². The second-order valence-electron chi connectivity index (χ2n) is 4.97. The number of amides is 2. The van der Waals surface area contributed by atoms with E-state index in [9.17, 15) is 9.59 Å². The molecule has 1 aliphatic carbocycles. The quantitative estimate of drug-likeness (QED) is 0.567. The Kier molecular flexibility index (Phi) is 6.65. The van der Waals surface area contributed by atoms with Gasteiger partial charge in [0.2, 0.25) is 11.8 Å². The molecule has 1 rings (SSSR count). The summed E-state index contributed by atoms with van der Waals surface area (Å²) in [5.74, 6) is 1.48. The molecule has 0 aromatic heterocycles. The molecule has 6 heteroatoms. The minimum Gasteiger partial charge on any atom is -0.368 e. The van der Waals surface area contributed by atoms with Crippen LogP contribution in [-0.2, 0) is 9.59 Å². The summed E-state index contributed by atoms with van der Waals surface area (Å²) in [5, 5.41) is 5.91. The first-order chi connectivity index (χ1) is 9.06. The van der Waals surface area contributed by atoms with Gasteiger partial charge in [0.05, 0.1) is 5.75 Å². The van der Waals surface area contributed by atoms with Gasteiger partial charge in [-0.15, -0.1) is 0 Å². The lowest BCUT2D eigenvalue weighted by molar-refractivity contribution is -0.126. The molecule has 5 nitrogen and oxygen atoms in total. The van der Waals surface area contributed by atoms with Crippen LogP contribution >= 0.6 is 11.8 Å². The first-order valence-electron chi connectivity index (χ1n) is 6.90. The predicted molar refractivity (Wildman–Crippen MR) is 79.0 cm³/mol. The zero-order valence-electron chi connectivity index (χ0n) is 11.8. The smallest absolute Gasteiger partial charge is 0.238 e. The van der Waals surface area contributed by atoms with Crippen LogP contribution in [0.3, 0.4) is 0 Å². The maximum atomic E-state index is 11.8. The van der Waals surface area contributed by atoms with Gasteiger partial charge in [0, 0.05) is 7.05 Å². The van der Waals surface area contributed by atoms with Crippen LogP contribution in [0.15, 0.2) is 0 Å². The summed E-state index contributed by atoms with van der Waals surface area (Å²) in [6, 6.07) is 0. The predicted octanol–water partition coefficient (Wildman–Crippen LogP) is 0.489. The fraction of sp³-hybridized carbons (Fsp3) is 0.846. The van der Waals surface area contributed by atoms with Crippen LogP contribution < -0.4 is 16.4 Å². The number of nitrogens with one attached hydrogen (secondary N) is 2. The molecule has 0 aromatic rings. The topological polar surface area (TPSA) is 84.2 Å². The Hall–Kier alpha value is -0.750. The van der Waals surface area contributed by atoms with Crippen molar-refractivity contribution in [2.24, 2.45) is 11.7 Å². The van der Waals surface area contributed by atoms with E-state index in [2.05, 4.69) is 10.6 Å². The van der Waals surface area contributed by atoms with Gasteiger partial charge in [0.1, 0.15) is 5.54 Å². The summed E-state index contributed by atoms with van der Waals surface area (Å²) in [5.41, 5.74) is 5.09. The number of hydrogen-bond acceptors (Lipinski definition) is 4. The van der Waals surface area contributed by atoms with E-state index in [0.717, 1.165) is 38.0 Å². The summed E-state index contributed by atoms with van der Waals surface area (Å²) in [6.07, 6.45) is 3.84. The molecule has 0 saturated heterocycles. The van der Waals surface area contributed by atoms with Crippen molar-refractivity contribution in [3.05, 3.63) is 0 Å². The van der Waals surface area contributed by atoms with Gasteiger partial charge in [-0.3, -0.25) is 9.59 Å². The fourth-order valence-electron chi connectivity index (χ4n) is 2.89. The van der Waals surface area contributed by atoms with Crippen molar-refractivity contribution >= 4 is 23.6 Å². The van der Waals surface area contributed by atoms with Gasteiger partial charge in [-0.25, -0.2) is 0 Å². The number of hydrogen-bond donors (Lipinski definition) is 3. The molecule has 1 saturated carbocycles. The lowest BCUT2D eigenvalue weighted by Gasteiger charge is -2.33. The van der Waals surface area contributed by atoms with Gasteiger partial charge in [-0.1, -0.05) is 13.3 Å². The van der Waals surface area contributed by atoms with Gasteiger partial charge in [0.15, 0.2) is 0 Å². The molecule has 0 bridgehead atoms. The van der Waals surface area contributed by atoms with E-state index < -0.39 is 5.54 Å². The maximum Gasteiger partial charge on any atom is 0.238 e. The normalized spacial score (nSPS) is 26.3. The van der Waals surface area contributed by atoms with Gasteiger partial charge < -0.3 is 16.4 Å². The second-order valence-corrected chi connectivity index (χ2v) is 6.07. The molecule has 2 unspecified atom stereocenters. The largest absolute Gasteiger partial charge is 0.368 e. The van der Waals surface area contributed by atoms with Gasteiger partial charge in [-0.2, -0.15) is 11.8 Å². The first kappa shape index (κ1) is 16.3. The van der Waals surface area contributed by atoms with E-state index in [4.69, 9.17) is 5.73 Å². The lowest BCUT2D eigenvalue weighted by Crippen LogP contribution is -2.57. The van der Waals surface area contributed by atoms with Crippen LogP contribution in [-0.4, -0.2) is 42.5 Å². The van der Waals surface area contributed by atoms with Crippen molar-refractivity contribution in [3.8, 4) is 0 Å². The molecule has 1 aliphatic rings. The first-order valence-corrected chi connectivity index (χ1v) is 8.05. The van der Waals surface area contributed by atoms with Crippen LogP contribution in [0.25, 0.3) is 0 Å². The Morgan fingerprint density at radius 3 is 2.79 bits per heavy atom. The number of thioether (sulfide) groups is 1. The summed E-state index contributed by atoms with van der Waals surface area (Å²) in [6.45, 7) is 2.76. The molecule has 0 aliphatic heterocycles. The number of likely N-dealkylation sites (N-methyl/N-ethyl adjacent to an activating group) is 1. The Morgan fingerprint density at radius 1 is 1.47 bits per heavy atom. The van der Waals surface area contributed by atoms with Crippen molar-refractivity contribution in [1.29, 1.82) is 0 Å². The van der Waals surface area contributed by atoms with E-state index >= 15 is 0 Å². The highest BCUT2D eigenvalue weighted by atomic mass is 32.2. The average Bonchev–Trinajstić information content (AvgIpc) is 2.79. The van der Waals surface area contributed by atoms with Gasteiger partial charge >= 0.3 is 0 Å². The minimum absolute atomic E-state index is 0.0456. The van der Waals surface area contributed by atoms with E-state index in [-0.39, 0.29) is 11.8 Å². The molecule has 110 valence electrons. The van der Waals surface area contributed by atoms with E-state index in [1.165, 1.54) is 0 Å². The van der Waals surface area contributed by atoms with E-state index in [1.54, 1.807) is 18.8 Å². The maximum absolute atomic E-state index is 11.8. The molecular weight excluding hydrogens is 262 g/mol. The SMILES string of the molecule is CCNC1(C(N)=O)CCCC1CCSCC(=O)NC. The van der Waals surface area contributed by atoms with Crippen molar-refractivity contribution in [2.75, 3.05) is 25.1 Å². The highest BCUT2D eigenvalue weighted by Crippen LogP contribution is 2.38. The van der Waals surface area contributed by atoms with Crippen molar-refractivity contribution in [1.82, 2.24) is 10.6 Å². The molecule has 0 radical (unpaired) electrons. The fourth-order valence-corrected chi connectivity index (χ4v) is 3.82. The third-order valence-electron chi connectivity index (χ3n) is 3.88. The highest BCUT2D eigenvalue weighted by Gasteiger charge is 2.46. The molecule has 0 spiro atoms. The van der Waals surface area contributed by atoms with Crippen molar-refractivity contribution in [2.45, 2.75) is 38.1 Å². The van der Waals surface area contributed by atoms with E-state index in [1.807, 2.05) is 6.92 Å². The number of carbonyl (C=O) groups excluding carboxylic acids is 2. The highest BCUT2D eigenvalue weighted by molar-refractivity contribution is 7.99. The van der Waals surface area contributed by atoms with Crippen LogP contribution in [0.2, 0.25) is 0 Å². The Balaban J connectivity index is 2.46. The standard InChI is InChI=1S/C13H25N3O2S/c1-3-16-13(12(14)18)7-4-5-10(13)6-8-19-9-11(17)15-2/h10,16H,3-9H2,1-2H3,(H2,14,18)(H,15,17). The average molecular weight is 287 g/mol. The number of rotatable bonds is 8. The summed E-state index contributed by atoms with van der Waals surface area (Å²) in [7, 11) is 1.64. The third kappa shape index (κ3) is 4.11. The van der Waals surface area contributed by atoms with Crippen LogP contribution in [0.4, 0.5) is 0 Å². The summed E-state index contributed by atoms with van der Waals surface area (Å²) < 4.78 is 0. The Bertz CT molecular complexity index is 325. The molecule has 1 fully saturated rings. The van der Waals surface area contributed by atoms with Crippen LogP contribution in [0.5, 0.6) is 0 Å². The lowest BCUT2D eigenvalue weighted by atomic mass is 9.84. The van der Waals surface area contributed by atoms with Crippen LogP contribution in [0, 0.1) is 5.92 Å². The summed E-state index contributed by atoms with van der Waals surface area (Å²) >= 11 is 1.61. The minimum atomic E-state index is -0.525. The molecule has 4 N–H and O–H groups in total. The third-order valence-corrected chi connectivity index (χ3v) is 4.87. The molecular formula is C13H25N3O2S. The molecule has 0 aromatic carbocycles. The van der Waals surface area contributed by atoms with Gasteiger partial charge in [-0.05, 0) is 37.5 Å². The molecule has 2 atom stereocenters. The summed E-state index contributed by atoms with van der Waals surface area (Å²) in [4.78, 5) is 22.9. The zero-order valence-corrected chi connectivity index (χ0v) is 12.6. The monoisotopic (exact) mass is 287 g/mol. The number of primary amides is 1. The zero-order chi connectivity index (χ0) is 14.3. The second kappa shape index (κ2) is 7.75. The molecule has 19 heavy (non-hydrogen) atoms. The van der Waals surface area contributed by atoms with Crippen molar-refractivity contribution < 1.29 is 9.59 Å². The Morgan fingerprint density at radius 2 is 2.21 bits per heavy atom. The van der Waals surface area contributed by atoms with Crippen molar-refractivity contribution in [3.63, 3.8) is 0 Å².